The van der Waals surface area contributed by atoms with Gasteiger partial charge in [0, 0.05) is 23.0 Å². The molecule has 3 rings (SSSR count). The number of nitrogens with one attached hydrogen (secondary N) is 1. The Morgan fingerprint density at radius 3 is 2.88 bits per heavy atom. The van der Waals surface area contributed by atoms with Crippen molar-refractivity contribution in [2.45, 2.75) is 0 Å². The molecule has 0 unspecified atom stereocenters. The first kappa shape index (κ1) is 10.2. The van der Waals surface area contributed by atoms with Gasteiger partial charge in [-0.2, -0.15) is 5.10 Å². The predicted molar refractivity (Wildman–Crippen MR) is 69.9 cm³/mol. The van der Waals surface area contributed by atoms with Gasteiger partial charge in [-0.1, -0.05) is 11.6 Å². The summed E-state index contributed by atoms with van der Waals surface area (Å²) in [6.45, 7) is 0. The molecule has 4 nitrogen and oxygen atoms in total. The smallest absolute Gasteiger partial charge is 0.104 e. The van der Waals surface area contributed by atoms with E-state index >= 15 is 0 Å². The molecule has 3 N–H and O–H groups in total. The summed E-state index contributed by atoms with van der Waals surface area (Å²) in [5.41, 5.74) is 9.44. The van der Waals surface area contributed by atoms with Gasteiger partial charge in [0.1, 0.15) is 5.69 Å². The minimum absolute atomic E-state index is 0.641. The number of aromatic nitrogens is 3. The molecule has 86 valence electrons. The molecule has 5 heteroatoms. The number of H-pyrrole nitrogens is 1. The topological polar surface area (TPSA) is 59.6 Å². The molecule has 2 heterocycles. The van der Waals surface area contributed by atoms with Gasteiger partial charge in [-0.05, 0) is 24.3 Å². The predicted octanol–water partition coefficient (Wildman–Crippen LogP) is 2.80. The monoisotopic (exact) mass is 246 g/mol. The molecule has 0 atom stereocenters. The summed E-state index contributed by atoms with van der Waals surface area (Å²) in [5.74, 6) is 0. The Bertz CT molecular complexity index is 696. The lowest BCUT2D eigenvalue weighted by Crippen LogP contribution is -1.94. The molecule has 0 spiro atoms. The average Bonchev–Trinajstić information content (AvgIpc) is 2.83. The Labute approximate surface area is 103 Å². The van der Waals surface area contributed by atoms with Gasteiger partial charge in [-0.15, -0.1) is 0 Å². The Morgan fingerprint density at radius 2 is 2.18 bits per heavy atom. The maximum Gasteiger partial charge on any atom is 0.104 e. The van der Waals surface area contributed by atoms with Crippen LogP contribution in [0.5, 0.6) is 0 Å². The molecule has 0 saturated heterocycles. The Kier molecular flexibility index (Phi) is 2.12. The summed E-state index contributed by atoms with van der Waals surface area (Å²) >= 11 is 5.98. The third kappa shape index (κ3) is 1.49. The number of aromatic amines is 1. The maximum atomic E-state index is 5.98. The van der Waals surface area contributed by atoms with Crippen LogP contribution in [-0.2, 0) is 7.05 Å². The molecule has 0 saturated carbocycles. The minimum Gasteiger partial charge on any atom is -0.396 e. The van der Waals surface area contributed by atoms with Crippen molar-refractivity contribution in [3.63, 3.8) is 0 Å². The zero-order valence-corrected chi connectivity index (χ0v) is 9.99. The molecule has 2 aromatic heterocycles. The Hall–Kier alpha value is -1.94. The zero-order chi connectivity index (χ0) is 12.0. The van der Waals surface area contributed by atoms with Gasteiger partial charge in [-0.3, -0.25) is 5.10 Å². The molecule has 3 aromatic rings. The number of nitrogens with two attached hydrogens (primary N) is 1. The summed E-state index contributed by atoms with van der Waals surface area (Å²) in [7, 11) is 1.99. The van der Waals surface area contributed by atoms with Gasteiger partial charge >= 0.3 is 0 Å². The van der Waals surface area contributed by atoms with E-state index in [1.54, 1.807) is 6.20 Å². The van der Waals surface area contributed by atoms with E-state index in [0.717, 1.165) is 27.3 Å². The van der Waals surface area contributed by atoms with E-state index in [2.05, 4.69) is 14.8 Å². The number of hydrogen-bond donors (Lipinski definition) is 2. The van der Waals surface area contributed by atoms with Crippen LogP contribution in [0, 0.1) is 0 Å². The van der Waals surface area contributed by atoms with Crippen LogP contribution < -0.4 is 5.73 Å². The third-order valence-corrected chi connectivity index (χ3v) is 3.16. The SMILES string of the molecule is Cn1c(-c2[nH]ncc2N)cc2cc(Cl)ccc21. The molecule has 0 aliphatic heterocycles. The van der Waals surface area contributed by atoms with Crippen molar-refractivity contribution in [1.29, 1.82) is 0 Å². The molecule has 0 fully saturated rings. The first-order chi connectivity index (χ1) is 8.16. The van der Waals surface area contributed by atoms with E-state index in [1.165, 1.54) is 0 Å². The number of rotatable bonds is 1. The number of fused-ring (bicyclic) bond motifs is 1. The van der Waals surface area contributed by atoms with Crippen molar-refractivity contribution >= 4 is 28.2 Å². The number of halogens is 1. The van der Waals surface area contributed by atoms with Crippen molar-refractivity contribution in [2.75, 3.05) is 5.73 Å². The molecule has 0 bridgehead atoms. The van der Waals surface area contributed by atoms with Crippen molar-refractivity contribution in [2.24, 2.45) is 7.05 Å². The number of anilines is 1. The van der Waals surface area contributed by atoms with Crippen molar-refractivity contribution in [1.82, 2.24) is 14.8 Å². The highest BCUT2D eigenvalue weighted by molar-refractivity contribution is 6.31. The zero-order valence-electron chi connectivity index (χ0n) is 9.24. The number of aryl methyl sites for hydroxylation is 1. The van der Waals surface area contributed by atoms with Crippen molar-refractivity contribution < 1.29 is 0 Å². The van der Waals surface area contributed by atoms with E-state index < -0.39 is 0 Å². The van der Waals surface area contributed by atoms with Gasteiger partial charge in [-0.25, -0.2) is 0 Å². The van der Waals surface area contributed by atoms with Gasteiger partial charge in [0.05, 0.1) is 17.6 Å². The molecular formula is C12H11ClN4. The second kappa shape index (κ2) is 3.53. The molecular weight excluding hydrogens is 236 g/mol. The summed E-state index contributed by atoms with van der Waals surface area (Å²) in [6.07, 6.45) is 1.61. The number of benzene rings is 1. The maximum absolute atomic E-state index is 5.98. The van der Waals surface area contributed by atoms with E-state index in [4.69, 9.17) is 17.3 Å². The van der Waals surface area contributed by atoms with Crippen LogP contribution in [0.4, 0.5) is 5.69 Å². The molecule has 17 heavy (non-hydrogen) atoms. The van der Waals surface area contributed by atoms with E-state index in [-0.39, 0.29) is 0 Å². The van der Waals surface area contributed by atoms with Crippen LogP contribution in [0.15, 0.2) is 30.5 Å². The van der Waals surface area contributed by atoms with Crippen molar-refractivity contribution in [3.8, 4) is 11.4 Å². The fourth-order valence-corrected chi connectivity index (χ4v) is 2.24. The van der Waals surface area contributed by atoms with Crippen LogP contribution in [0.25, 0.3) is 22.3 Å². The standard InChI is InChI=1S/C12H11ClN4/c1-17-10-3-2-8(13)4-7(10)5-11(17)12-9(14)6-15-16-12/h2-6H,14H2,1H3,(H,15,16). The quantitative estimate of drug-likeness (QED) is 0.694. The largest absolute Gasteiger partial charge is 0.396 e. The highest BCUT2D eigenvalue weighted by atomic mass is 35.5. The van der Waals surface area contributed by atoms with Crippen LogP contribution in [0.1, 0.15) is 0 Å². The average molecular weight is 247 g/mol. The van der Waals surface area contributed by atoms with Gasteiger partial charge in [0.2, 0.25) is 0 Å². The van der Waals surface area contributed by atoms with E-state index in [1.807, 2.05) is 31.3 Å². The third-order valence-electron chi connectivity index (χ3n) is 2.93. The summed E-state index contributed by atoms with van der Waals surface area (Å²) in [5, 5.41) is 8.66. The highest BCUT2D eigenvalue weighted by Crippen LogP contribution is 2.30. The highest BCUT2D eigenvalue weighted by Gasteiger charge is 2.11. The van der Waals surface area contributed by atoms with Crippen LogP contribution in [0.3, 0.4) is 0 Å². The number of nitrogen functional groups attached to an aromatic ring is 1. The second-order valence-corrected chi connectivity index (χ2v) is 4.43. The fourth-order valence-electron chi connectivity index (χ4n) is 2.06. The Morgan fingerprint density at radius 1 is 1.35 bits per heavy atom. The summed E-state index contributed by atoms with van der Waals surface area (Å²) in [6, 6.07) is 7.86. The molecule has 0 aliphatic carbocycles. The van der Waals surface area contributed by atoms with E-state index in [0.29, 0.717) is 5.69 Å². The minimum atomic E-state index is 0.641. The Balaban J connectivity index is 2.31. The summed E-state index contributed by atoms with van der Waals surface area (Å²) < 4.78 is 2.07. The fraction of sp³-hybridized carbons (Fsp3) is 0.0833. The van der Waals surface area contributed by atoms with Gasteiger partial charge < -0.3 is 10.3 Å². The van der Waals surface area contributed by atoms with Gasteiger partial charge in [0.15, 0.2) is 0 Å². The first-order valence-electron chi connectivity index (χ1n) is 5.21. The molecule has 0 amide bonds. The lowest BCUT2D eigenvalue weighted by molar-refractivity contribution is 0.964. The first-order valence-corrected chi connectivity index (χ1v) is 5.59. The lowest BCUT2D eigenvalue weighted by Gasteiger charge is -2.02. The van der Waals surface area contributed by atoms with Gasteiger partial charge in [0.25, 0.3) is 0 Å². The van der Waals surface area contributed by atoms with E-state index in [9.17, 15) is 0 Å². The lowest BCUT2D eigenvalue weighted by atomic mass is 10.2. The molecule has 0 aliphatic rings. The van der Waals surface area contributed by atoms with Crippen LogP contribution in [-0.4, -0.2) is 14.8 Å². The number of hydrogen-bond acceptors (Lipinski definition) is 2. The molecule has 1 aromatic carbocycles. The van der Waals surface area contributed by atoms with Crippen molar-refractivity contribution in [3.05, 3.63) is 35.5 Å². The van der Waals surface area contributed by atoms with Crippen LogP contribution in [0.2, 0.25) is 5.02 Å². The molecule has 0 radical (unpaired) electrons. The second-order valence-electron chi connectivity index (χ2n) is 3.99. The summed E-state index contributed by atoms with van der Waals surface area (Å²) in [4.78, 5) is 0. The number of nitrogens with zero attached hydrogens (tertiary/aromatic N) is 2. The normalized spacial score (nSPS) is 11.2. The van der Waals surface area contributed by atoms with Crippen LogP contribution >= 0.6 is 11.6 Å².